The highest BCUT2D eigenvalue weighted by Gasteiger charge is 2.30. The van der Waals surface area contributed by atoms with Crippen molar-refractivity contribution in [3.63, 3.8) is 0 Å². The normalized spacial score (nSPS) is 20.4. The molecule has 1 saturated heterocycles. The van der Waals surface area contributed by atoms with Gasteiger partial charge in [-0.15, -0.1) is 0 Å². The molecule has 0 aromatic heterocycles. The third kappa shape index (κ3) is 7.72. The second kappa shape index (κ2) is 13.9. The highest BCUT2D eigenvalue weighted by molar-refractivity contribution is 5.51. The SMILES string of the molecule is COCOc1ccc(/C=C/[C@H]2C[C@@H](OCOC)C[C@@H](c3ccc(OCOC)c(OC)c3)O2)cc1. The quantitative estimate of drug-likeness (QED) is 0.391. The van der Waals surface area contributed by atoms with Crippen molar-refractivity contribution in [2.24, 2.45) is 0 Å². The van der Waals surface area contributed by atoms with E-state index >= 15 is 0 Å². The summed E-state index contributed by atoms with van der Waals surface area (Å²) >= 11 is 0. The van der Waals surface area contributed by atoms with E-state index in [0.29, 0.717) is 17.9 Å². The molecule has 8 heteroatoms. The van der Waals surface area contributed by atoms with E-state index in [1.54, 1.807) is 28.4 Å². The third-order valence-electron chi connectivity index (χ3n) is 5.35. The molecule has 0 radical (unpaired) electrons. The minimum Gasteiger partial charge on any atom is -0.493 e. The summed E-state index contributed by atoms with van der Waals surface area (Å²) in [6.07, 6.45) is 5.25. The van der Waals surface area contributed by atoms with E-state index in [-0.39, 0.29) is 38.7 Å². The molecule has 3 rings (SSSR count). The molecule has 0 N–H and O–H groups in total. The summed E-state index contributed by atoms with van der Waals surface area (Å²) in [5.74, 6) is 2.00. The van der Waals surface area contributed by atoms with Crippen molar-refractivity contribution in [2.75, 3.05) is 48.8 Å². The highest BCUT2D eigenvalue weighted by Crippen LogP contribution is 2.37. The molecular weight excluding hydrogens is 440 g/mol. The van der Waals surface area contributed by atoms with E-state index < -0.39 is 0 Å². The van der Waals surface area contributed by atoms with Gasteiger partial charge in [0.15, 0.2) is 25.1 Å². The topological polar surface area (TPSA) is 73.8 Å². The molecule has 1 aliphatic rings. The molecule has 0 amide bonds. The molecule has 1 aliphatic heterocycles. The van der Waals surface area contributed by atoms with E-state index in [0.717, 1.165) is 23.3 Å². The maximum Gasteiger partial charge on any atom is 0.188 e. The Morgan fingerprint density at radius 3 is 2.26 bits per heavy atom. The van der Waals surface area contributed by atoms with E-state index in [4.69, 9.17) is 37.9 Å². The van der Waals surface area contributed by atoms with Gasteiger partial charge in [-0.3, -0.25) is 0 Å². The Morgan fingerprint density at radius 1 is 0.824 bits per heavy atom. The predicted octanol–water partition coefficient (Wildman–Crippen LogP) is 4.58. The molecule has 3 atom stereocenters. The lowest BCUT2D eigenvalue weighted by Gasteiger charge is -2.34. The first-order chi connectivity index (χ1) is 16.7. The lowest BCUT2D eigenvalue weighted by Crippen LogP contribution is -2.32. The van der Waals surface area contributed by atoms with Gasteiger partial charge in [-0.1, -0.05) is 30.4 Å². The molecule has 0 unspecified atom stereocenters. The molecule has 1 fully saturated rings. The van der Waals surface area contributed by atoms with Crippen LogP contribution in [0, 0.1) is 0 Å². The Morgan fingerprint density at radius 2 is 1.56 bits per heavy atom. The highest BCUT2D eigenvalue weighted by atomic mass is 16.7. The molecule has 2 aromatic rings. The molecule has 0 saturated carbocycles. The van der Waals surface area contributed by atoms with E-state index in [2.05, 4.69) is 6.08 Å². The minimum absolute atomic E-state index is 0.00594. The van der Waals surface area contributed by atoms with Crippen LogP contribution in [0.4, 0.5) is 0 Å². The smallest absolute Gasteiger partial charge is 0.188 e. The predicted molar refractivity (Wildman–Crippen MR) is 127 cm³/mol. The summed E-state index contributed by atoms with van der Waals surface area (Å²) < 4.78 is 43.9. The Labute approximate surface area is 201 Å². The van der Waals surface area contributed by atoms with Crippen LogP contribution in [0.1, 0.15) is 30.1 Å². The number of benzene rings is 2. The number of methoxy groups -OCH3 is 4. The third-order valence-corrected chi connectivity index (χ3v) is 5.35. The van der Waals surface area contributed by atoms with Gasteiger partial charge in [0.1, 0.15) is 12.5 Å². The van der Waals surface area contributed by atoms with Crippen LogP contribution < -0.4 is 14.2 Å². The zero-order chi connectivity index (χ0) is 24.2. The average Bonchev–Trinajstić information content (AvgIpc) is 2.88. The van der Waals surface area contributed by atoms with Gasteiger partial charge in [0.2, 0.25) is 0 Å². The molecule has 186 valence electrons. The van der Waals surface area contributed by atoms with Gasteiger partial charge >= 0.3 is 0 Å². The average molecular weight is 475 g/mol. The fourth-order valence-electron chi connectivity index (χ4n) is 3.70. The van der Waals surface area contributed by atoms with Gasteiger partial charge in [-0.2, -0.15) is 0 Å². The maximum atomic E-state index is 6.43. The standard InChI is InChI=1S/C26H34O8/c1-27-16-31-21-9-5-19(6-10-21)7-11-22-14-23(32-17-28-2)15-25(34-22)20-8-12-24(33-18-29-3)26(13-20)30-4/h5-13,22-23,25H,14-18H2,1-4H3/b11-7+/t22-,23+,25-/m0/s1. The van der Waals surface area contributed by atoms with Crippen LogP contribution in [-0.4, -0.2) is 61.0 Å². The van der Waals surface area contributed by atoms with Crippen molar-refractivity contribution in [3.05, 3.63) is 59.7 Å². The lowest BCUT2D eigenvalue weighted by atomic mass is 9.95. The van der Waals surface area contributed by atoms with Gasteiger partial charge in [0.25, 0.3) is 0 Å². The second-order valence-corrected chi connectivity index (χ2v) is 7.77. The first-order valence-corrected chi connectivity index (χ1v) is 11.1. The Kier molecular flexibility index (Phi) is 10.7. The van der Waals surface area contributed by atoms with E-state index in [9.17, 15) is 0 Å². The molecule has 8 nitrogen and oxygen atoms in total. The Balaban J connectivity index is 1.72. The fraction of sp³-hybridized carbons (Fsp3) is 0.462. The number of ether oxygens (including phenoxy) is 8. The summed E-state index contributed by atoms with van der Waals surface area (Å²) in [6, 6.07) is 13.6. The number of hydrogen-bond acceptors (Lipinski definition) is 8. The minimum atomic E-state index is -0.166. The van der Waals surface area contributed by atoms with Crippen LogP contribution in [0.5, 0.6) is 17.2 Å². The molecule has 1 heterocycles. The van der Waals surface area contributed by atoms with Gasteiger partial charge < -0.3 is 37.9 Å². The summed E-state index contributed by atoms with van der Waals surface area (Å²) in [5, 5.41) is 0. The van der Waals surface area contributed by atoms with Crippen LogP contribution in [0.15, 0.2) is 48.5 Å². The monoisotopic (exact) mass is 474 g/mol. The van der Waals surface area contributed by atoms with Gasteiger partial charge in [0.05, 0.1) is 25.4 Å². The molecule has 0 spiro atoms. The van der Waals surface area contributed by atoms with Crippen LogP contribution in [-0.2, 0) is 23.7 Å². The van der Waals surface area contributed by atoms with Crippen LogP contribution in [0.25, 0.3) is 6.08 Å². The summed E-state index contributed by atoms with van der Waals surface area (Å²) in [6.45, 7) is 0.610. The summed E-state index contributed by atoms with van der Waals surface area (Å²) in [4.78, 5) is 0. The fourth-order valence-corrected chi connectivity index (χ4v) is 3.70. The van der Waals surface area contributed by atoms with Crippen LogP contribution >= 0.6 is 0 Å². The van der Waals surface area contributed by atoms with Crippen LogP contribution in [0.2, 0.25) is 0 Å². The Hall–Kier alpha value is -2.62. The number of hydrogen-bond donors (Lipinski definition) is 0. The van der Waals surface area contributed by atoms with Crippen molar-refractivity contribution in [2.45, 2.75) is 31.2 Å². The van der Waals surface area contributed by atoms with Crippen molar-refractivity contribution in [1.82, 2.24) is 0 Å². The van der Waals surface area contributed by atoms with Crippen molar-refractivity contribution >= 4 is 6.08 Å². The maximum absolute atomic E-state index is 6.43. The van der Waals surface area contributed by atoms with E-state index in [1.165, 1.54) is 0 Å². The summed E-state index contributed by atoms with van der Waals surface area (Å²) in [7, 11) is 6.41. The largest absolute Gasteiger partial charge is 0.493 e. The molecule has 2 aromatic carbocycles. The van der Waals surface area contributed by atoms with Crippen molar-refractivity contribution < 1.29 is 37.9 Å². The second-order valence-electron chi connectivity index (χ2n) is 7.77. The first kappa shape index (κ1) is 26.0. The van der Waals surface area contributed by atoms with Gasteiger partial charge in [0, 0.05) is 34.2 Å². The van der Waals surface area contributed by atoms with Crippen molar-refractivity contribution in [3.8, 4) is 17.2 Å². The number of rotatable bonds is 13. The zero-order valence-corrected chi connectivity index (χ0v) is 20.2. The summed E-state index contributed by atoms with van der Waals surface area (Å²) in [5.41, 5.74) is 2.04. The zero-order valence-electron chi connectivity index (χ0n) is 20.2. The van der Waals surface area contributed by atoms with Crippen molar-refractivity contribution in [1.29, 1.82) is 0 Å². The molecular formula is C26H34O8. The van der Waals surface area contributed by atoms with Gasteiger partial charge in [-0.05, 0) is 35.4 Å². The lowest BCUT2D eigenvalue weighted by molar-refractivity contribution is -0.139. The van der Waals surface area contributed by atoms with Crippen LogP contribution in [0.3, 0.4) is 0 Å². The van der Waals surface area contributed by atoms with Gasteiger partial charge in [-0.25, -0.2) is 0 Å². The molecule has 0 bridgehead atoms. The van der Waals surface area contributed by atoms with E-state index in [1.807, 2.05) is 48.5 Å². The Bertz CT molecular complexity index is 883. The first-order valence-electron chi connectivity index (χ1n) is 11.1. The molecule has 34 heavy (non-hydrogen) atoms. The molecule has 0 aliphatic carbocycles.